The Balaban J connectivity index is 2.42. The van der Waals surface area contributed by atoms with E-state index < -0.39 is 68.6 Å². The van der Waals surface area contributed by atoms with E-state index in [-0.39, 0.29) is 15.1 Å². The summed E-state index contributed by atoms with van der Waals surface area (Å²) in [6.07, 6.45) is -17.2. The van der Waals surface area contributed by atoms with Gasteiger partial charge in [-0.1, -0.05) is 71.2 Å². The molecule has 0 atom stereocenters. The van der Waals surface area contributed by atoms with Crippen LogP contribution in [0.4, 0.5) is 39.5 Å². The van der Waals surface area contributed by atoms with E-state index in [4.69, 9.17) is 34.8 Å². The first-order valence-electron chi connectivity index (χ1n) is 10.7. The summed E-state index contributed by atoms with van der Waals surface area (Å²) in [5.74, 6) is 0. The molecular formula is C27H12Cl3F9. The number of halogens is 12. The highest BCUT2D eigenvalue weighted by atomic mass is 35.5. The van der Waals surface area contributed by atoms with Gasteiger partial charge in [-0.3, -0.25) is 0 Å². The Labute approximate surface area is 230 Å². The molecule has 4 aromatic carbocycles. The van der Waals surface area contributed by atoms with Crippen LogP contribution in [0.1, 0.15) is 16.7 Å². The Morgan fingerprint density at radius 2 is 0.564 bits per heavy atom. The Hall–Kier alpha value is -2.88. The van der Waals surface area contributed by atoms with E-state index >= 15 is 0 Å². The molecule has 0 aliphatic rings. The van der Waals surface area contributed by atoms with Crippen molar-refractivity contribution in [2.45, 2.75) is 18.5 Å². The van der Waals surface area contributed by atoms with Gasteiger partial charge in [0.1, 0.15) is 0 Å². The van der Waals surface area contributed by atoms with Crippen LogP contribution in [-0.4, -0.2) is 0 Å². The molecule has 0 aliphatic carbocycles. The Bertz CT molecular complexity index is 1500. The summed E-state index contributed by atoms with van der Waals surface area (Å²) in [5, 5.41) is -0.000852. The smallest absolute Gasteiger partial charge is 0.166 e. The Kier molecular flexibility index (Phi) is 7.66. The lowest BCUT2D eigenvalue weighted by molar-refractivity contribution is -0.162. The quantitative estimate of drug-likeness (QED) is 0.202. The third kappa shape index (κ3) is 5.85. The van der Waals surface area contributed by atoms with E-state index in [9.17, 15) is 39.5 Å². The maximum Gasteiger partial charge on any atom is 0.417 e. The molecule has 0 aliphatic heterocycles. The second-order valence-corrected chi connectivity index (χ2v) is 9.57. The summed E-state index contributed by atoms with van der Waals surface area (Å²) < 4.78 is 132. The molecular weight excluding hydrogens is 602 g/mol. The minimum absolute atomic E-state index is 0.00484. The number of benzene rings is 4. The first kappa shape index (κ1) is 29.1. The summed E-state index contributed by atoms with van der Waals surface area (Å²) in [6.45, 7) is 0. The fraction of sp³-hybridized carbons (Fsp3) is 0.111. The molecule has 0 bridgehead atoms. The van der Waals surface area contributed by atoms with Gasteiger partial charge in [0.15, 0.2) is 0 Å². The van der Waals surface area contributed by atoms with Crippen molar-refractivity contribution in [3.05, 3.63) is 105 Å². The molecule has 0 radical (unpaired) electrons. The predicted molar refractivity (Wildman–Crippen MR) is 133 cm³/mol. The maximum atomic E-state index is 14.9. The zero-order valence-electron chi connectivity index (χ0n) is 19.0. The highest BCUT2D eigenvalue weighted by molar-refractivity contribution is 6.31. The van der Waals surface area contributed by atoms with Crippen LogP contribution in [0.3, 0.4) is 0 Å². The van der Waals surface area contributed by atoms with Crippen LogP contribution in [0.15, 0.2) is 72.8 Å². The van der Waals surface area contributed by atoms with E-state index in [1.54, 1.807) is 0 Å². The lowest BCUT2D eigenvalue weighted by Crippen LogP contribution is -2.24. The topological polar surface area (TPSA) is 0 Å². The Morgan fingerprint density at radius 3 is 0.846 bits per heavy atom. The van der Waals surface area contributed by atoms with Crippen molar-refractivity contribution < 1.29 is 39.5 Å². The average molecular weight is 614 g/mol. The lowest BCUT2D eigenvalue weighted by Gasteiger charge is -2.30. The zero-order valence-corrected chi connectivity index (χ0v) is 21.2. The standard InChI is InChI=1S/C27H12Cl3F9/c28-16-7-1-13(2-8-16)19-20(14-3-9-17(29)10-4-14)23(26(34,35)36)24(27(37,38)39)21(22(19)25(31,32)33)15-5-11-18(30)12-6-15/h1-12H. The Morgan fingerprint density at radius 1 is 0.333 bits per heavy atom. The number of alkyl halides is 9. The van der Waals surface area contributed by atoms with Crippen molar-refractivity contribution in [1.29, 1.82) is 0 Å². The van der Waals surface area contributed by atoms with E-state index in [1.165, 1.54) is 0 Å². The van der Waals surface area contributed by atoms with Gasteiger partial charge < -0.3 is 0 Å². The van der Waals surface area contributed by atoms with Crippen LogP contribution >= 0.6 is 34.8 Å². The summed E-state index contributed by atoms with van der Waals surface area (Å²) in [6, 6.07) is 11.8. The molecule has 39 heavy (non-hydrogen) atoms. The van der Waals surface area contributed by atoms with Crippen LogP contribution in [0.2, 0.25) is 15.1 Å². The van der Waals surface area contributed by atoms with Gasteiger partial charge in [0.05, 0.1) is 16.7 Å². The fourth-order valence-corrected chi connectivity index (χ4v) is 4.69. The first-order chi connectivity index (χ1) is 18.0. The molecule has 4 aromatic rings. The third-order valence-electron chi connectivity index (χ3n) is 5.75. The third-order valence-corrected chi connectivity index (χ3v) is 6.51. The van der Waals surface area contributed by atoms with Crippen LogP contribution < -0.4 is 0 Å². The van der Waals surface area contributed by atoms with Crippen LogP contribution in [0.25, 0.3) is 33.4 Å². The van der Waals surface area contributed by atoms with Gasteiger partial charge in [-0.2, -0.15) is 39.5 Å². The van der Waals surface area contributed by atoms with Crippen LogP contribution in [0, 0.1) is 0 Å². The largest absolute Gasteiger partial charge is 0.417 e. The van der Waals surface area contributed by atoms with Crippen molar-refractivity contribution >= 4 is 34.8 Å². The fourth-order valence-electron chi connectivity index (χ4n) is 4.32. The zero-order chi connectivity index (χ0) is 28.9. The van der Waals surface area contributed by atoms with Gasteiger partial charge in [0.2, 0.25) is 0 Å². The van der Waals surface area contributed by atoms with E-state index in [0.717, 1.165) is 72.8 Å². The summed E-state index contributed by atoms with van der Waals surface area (Å²) in [5.41, 5.74) is -12.5. The van der Waals surface area contributed by atoms with Gasteiger partial charge in [0.25, 0.3) is 0 Å². The van der Waals surface area contributed by atoms with E-state index in [1.807, 2.05) is 0 Å². The van der Waals surface area contributed by atoms with Crippen molar-refractivity contribution in [2.24, 2.45) is 0 Å². The van der Waals surface area contributed by atoms with Crippen LogP contribution in [-0.2, 0) is 18.5 Å². The second-order valence-electron chi connectivity index (χ2n) is 8.26. The highest BCUT2D eigenvalue weighted by Gasteiger charge is 2.52. The monoisotopic (exact) mass is 612 g/mol. The predicted octanol–water partition coefficient (Wildman–Crippen LogP) is 11.7. The molecule has 0 nitrogen and oxygen atoms in total. The van der Waals surface area contributed by atoms with Crippen molar-refractivity contribution in [1.82, 2.24) is 0 Å². The molecule has 0 N–H and O–H groups in total. The molecule has 4 rings (SSSR count). The molecule has 204 valence electrons. The molecule has 0 aromatic heterocycles. The number of hydrogen-bond acceptors (Lipinski definition) is 0. The summed E-state index contributed by atoms with van der Waals surface area (Å²) in [7, 11) is 0. The maximum absolute atomic E-state index is 14.9. The molecule has 0 heterocycles. The lowest BCUT2D eigenvalue weighted by atomic mass is 9.78. The van der Waals surface area contributed by atoms with E-state index in [2.05, 4.69) is 0 Å². The van der Waals surface area contributed by atoms with Gasteiger partial charge in [-0.15, -0.1) is 0 Å². The molecule has 0 unspecified atom stereocenters. The molecule has 0 fully saturated rings. The average Bonchev–Trinajstić information content (AvgIpc) is 2.82. The molecule has 0 saturated carbocycles. The molecule has 0 saturated heterocycles. The SMILES string of the molecule is FC(F)(F)c1c(-c2ccc(Cl)cc2)c(-c2ccc(Cl)cc2)c(C(F)(F)F)c(C(F)(F)F)c1-c1ccc(Cl)cc1. The second kappa shape index (κ2) is 10.3. The van der Waals surface area contributed by atoms with E-state index in [0.29, 0.717) is 0 Å². The van der Waals surface area contributed by atoms with Crippen molar-refractivity contribution in [2.75, 3.05) is 0 Å². The minimum atomic E-state index is -5.86. The minimum Gasteiger partial charge on any atom is -0.166 e. The van der Waals surface area contributed by atoms with Gasteiger partial charge in [-0.05, 0) is 53.1 Å². The number of hydrogen-bond donors (Lipinski definition) is 0. The van der Waals surface area contributed by atoms with Gasteiger partial charge >= 0.3 is 18.5 Å². The summed E-state index contributed by atoms with van der Waals surface area (Å²) >= 11 is 17.5. The van der Waals surface area contributed by atoms with Crippen molar-refractivity contribution in [3.63, 3.8) is 0 Å². The first-order valence-corrected chi connectivity index (χ1v) is 11.9. The number of rotatable bonds is 3. The van der Waals surface area contributed by atoms with Gasteiger partial charge in [0, 0.05) is 31.8 Å². The normalized spacial score (nSPS) is 12.6. The highest BCUT2D eigenvalue weighted by Crippen LogP contribution is 2.57. The van der Waals surface area contributed by atoms with Crippen molar-refractivity contribution in [3.8, 4) is 33.4 Å². The van der Waals surface area contributed by atoms with Gasteiger partial charge in [-0.25, -0.2) is 0 Å². The summed E-state index contributed by atoms with van der Waals surface area (Å²) in [4.78, 5) is 0. The molecule has 12 heteroatoms. The van der Waals surface area contributed by atoms with Crippen LogP contribution in [0.5, 0.6) is 0 Å². The molecule has 0 amide bonds. The molecule has 0 spiro atoms.